The molecule has 0 saturated carbocycles. The molecule has 0 atom stereocenters. The molecular weight excluding hydrogens is 291 g/mol. The molecule has 0 fully saturated rings. The van der Waals surface area contributed by atoms with E-state index in [1.54, 1.807) is 36.4 Å². The van der Waals surface area contributed by atoms with E-state index in [1.165, 1.54) is 6.07 Å². The molecule has 1 heterocycles. The minimum Gasteiger partial charge on any atom is -0.358 e. The van der Waals surface area contributed by atoms with Crippen molar-refractivity contribution in [2.45, 2.75) is 9.79 Å². The van der Waals surface area contributed by atoms with Crippen LogP contribution in [0, 0.1) is 15.9 Å². The summed E-state index contributed by atoms with van der Waals surface area (Å²) in [6.07, 6.45) is 0. The van der Waals surface area contributed by atoms with Gasteiger partial charge in [-0.2, -0.15) is 0 Å². The zero-order valence-corrected chi connectivity index (χ0v) is 11.5. The quantitative estimate of drug-likeness (QED) is 0.530. The summed E-state index contributed by atoms with van der Waals surface area (Å²) in [6.45, 7) is 0. The van der Waals surface area contributed by atoms with E-state index in [2.05, 4.69) is 4.98 Å². The monoisotopic (exact) mass is 300 g/mol. The molecule has 0 bridgehead atoms. The maximum Gasteiger partial charge on any atom is 0.378 e. The van der Waals surface area contributed by atoms with Crippen LogP contribution in [-0.4, -0.2) is 9.91 Å². The van der Waals surface area contributed by atoms with E-state index < -0.39 is 10.7 Å². The van der Waals surface area contributed by atoms with Gasteiger partial charge >= 0.3 is 5.82 Å². The normalized spacial score (nSPS) is 10.7. The zero-order chi connectivity index (χ0) is 14.8. The highest BCUT2D eigenvalue weighted by atomic mass is 32.2. The predicted molar refractivity (Wildman–Crippen MR) is 78.9 cm³/mol. The third kappa shape index (κ3) is 2.71. The molecule has 0 aliphatic heterocycles. The van der Waals surface area contributed by atoms with Gasteiger partial charge in [-0.3, -0.25) is 0 Å². The molecule has 3 aromatic rings. The summed E-state index contributed by atoms with van der Waals surface area (Å²) in [5.41, 5.74) is 0.544. The summed E-state index contributed by atoms with van der Waals surface area (Å²) in [6, 6.07) is 14.9. The molecule has 0 radical (unpaired) electrons. The second-order valence-electron chi connectivity index (χ2n) is 4.29. The van der Waals surface area contributed by atoms with Crippen LogP contribution in [0.5, 0.6) is 0 Å². The Labute approximate surface area is 123 Å². The van der Waals surface area contributed by atoms with Gasteiger partial charge in [-0.25, -0.2) is 4.39 Å². The number of hydrogen-bond donors (Lipinski definition) is 0. The lowest BCUT2D eigenvalue weighted by Crippen LogP contribution is -1.95. The first kappa shape index (κ1) is 13.5. The molecule has 0 amide bonds. The van der Waals surface area contributed by atoms with E-state index in [-0.39, 0.29) is 5.82 Å². The van der Waals surface area contributed by atoms with E-state index in [0.29, 0.717) is 15.3 Å². The number of rotatable bonds is 3. The van der Waals surface area contributed by atoms with Crippen LogP contribution in [0.1, 0.15) is 0 Å². The number of halogens is 1. The molecule has 21 heavy (non-hydrogen) atoms. The molecule has 3 rings (SSSR count). The highest BCUT2D eigenvalue weighted by Gasteiger charge is 2.19. The Bertz CT molecular complexity index is 839. The van der Waals surface area contributed by atoms with Crippen molar-refractivity contribution in [1.29, 1.82) is 0 Å². The SMILES string of the molecule is O=[N+]([O-])c1nc2ccccc2cc1Sc1ccccc1F. The molecule has 6 heteroatoms. The van der Waals surface area contributed by atoms with Gasteiger partial charge in [0.15, 0.2) is 5.52 Å². The van der Waals surface area contributed by atoms with Crippen LogP contribution < -0.4 is 0 Å². The first-order chi connectivity index (χ1) is 10.1. The van der Waals surface area contributed by atoms with E-state index in [4.69, 9.17) is 0 Å². The van der Waals surface area contributed by atoms with Crippen molar-refractivity contribution < 1.29 is 9.31 Å². The van der Waals surface area contributed by atoms with Crippen LogP contribution in [-0.2, 0) is 0 Å². The number of para-hydroxylation sites is 1. The minimum atomic E-state index is -0.546. The number of benzene rings is 2. The topological polar surface area (TPSA) is 56.0 Å². The molecule has 0 spiro atoms. The lowest BCUT2D eigenvalue weighted by Gasteiger charge is -2.05. The fourth-order valence-electron chi connectivity index (χ4n) is 1.94. The van der Waals surface area contributed by atoms with Gasteiger partial charge in [0, 0.05) is 10.3 Å². The number of nitro groups is 1. The van der Waals surface area contributed by atoms with Gasteiger partial charge in [-0.1, -0.05) is 42.1 Å². The van der Waals surface area contributed by atoms with Crippen molar-refractivity contribution >= 4 is 28.5 Å². The number of hydrogen-bond acceptors (Lipinski definition) is 4. The zero-order valence-electron chi connectivity index (χ0n) is 10.7. The van der Waals surface area contributed by atoms with Gasteiger partial charge in [0.05, 0.1) is 0 Å². The van der Waals surface area contributed by atoms with Gasteiger partial charge in [-0.05, 0) is 34.2 Å². The summed E-state index contributed by atoms with van der Waals surface area (Å²) in [7, 11) is 0. The van der Waals surface area contributed by atoms with Crippen molar-refractivity contribution in [3.63, 3.8) is 0 Å². The van der Waals surface area contributed by atoms with Crippen LogP contribution in [0.25, 0.3) is 10.9 Å². The van der Waals surface area contributed by atoms with Crippen LogP contribution in [0.2, 0.25) is 0 Å². The molecule has 0 unspecified atom stereocenters. The van der Waals surface area contributed by atoms with Crippen molar-refractivity contribution in [1.82, 2.24) is 4.98 Å². The highest BCUT2D eigenvalue weighted by molar-refractivity contribution is 7.99. The molecule has 104 valence electrons. The Hall–Kier alpha value is -2.47. The molecule has 0 aliphatic carbocycles. The van der Waals surface area contributed by atoms with Crippen molar-refractivity contribution in [2.24, 2.45) is 0 Å². The number of nitrogens with zero attached hydrogens (tertiary/aromatic N) is 2. The Morgan fingerprint density at radius 3 is 2.52 bits per heavy atom. The third-order valence-electron chi connectivity index (χ3n) is 2.90. The largest absolute Gasteiger partial charge is 0.378 e. The van der Waals surface area contributed by atoms with Gasteiger partial charge < -0.3 is 10.1 Å². The van der Waals surface area contributed by atoms with Crippen molar-refractivity contribution in [3.8, 4) is 0 Å². The molecule has 0 N–H and O–H groups in total. The maximum absolute atomic E-state index is 13.7. The molecule has 0 saturated heterocycles. The van der Waals surface area contributed by atoms with Crippen LogP contribution in [0.15, 0.2) is 64.4 Å². The molecule has 4 nitrogen and oxygen atoms in total. The number of pyridine rings is 1. The van der Waals surface area contributed by atoms with Crippen LogP contribution >= 0.6 is 11.8 Å². The highest BCUT2D eigenvalue weighted by Crippen LogP contribution is 2.36. The lowest BCUT2D eigenvalue weighted by molar-refractivity contribution is -0.392. The average molecular weight is 300 g/mol. The lowest BCUT2D eigenvalue weighted by atomic mass is 10.2. The fourth-order valence-corrected chi connectivity index (χ4v) is 2.88. The summed E-state index contributed by atoms with van der Waals surface area (Å²) in [5.74, 6) is -0.674. The predicted octanol–water partition coefficient (Wildman–Crippen LogP) is 4.43. The van der Waals surface area contributed by atoms with E-state index in [1.807, 2.05) is 12.1 Å². The Balaban J connectivity index is 2.14. The second kappa shape index (κ2) is 5.49. The summed E-state index contributed by atoms with van der Waals surface area (Å²) >= 11 is 1.00. The van der Waals surface area contributed by atoms with E-state index in [9.17, 15) is 14.5 Å². The first-order valence-corrected chi connectivity index (χ1v) is 6.93. The van der Waals surface area contributed by atoms with Crippen LogP contribution in [0.3, 0.4) is 0 Å². The Morgan fingerprint density at radius 1 is 1.05 bits per heavy atom. The van der Waals surface area contributed by atoms with E-state index in [0.717, 1.165) is 17.1 Å². The van der Waals surface area contributed by atoms with Gasteiger partial charge in [0.25, 0.3) is 0 Å². The standard InChI is InChI=1S/C15H9FN2O2S/c16-11-6-2-4-8-13(11)21-14-9-10-5-1-3-7-12(10)17-15(14)18(19)20/h1-9H. The summed E-state index contributed by atoms with van der Waals surface area (Å²) in [5, 5.41) is 12.0. The maximum atomic E-state index is 13.7. The number of aromatic nitrogens is 1. The average Bonchev–Trinajstić information content (AvgIpc) is 2.48. The molecule has 0 aliphatic rings. The molecule has 2 aromatic carbocycles. The molecular formula is C15H9FN2O2S. The Kier molecular flexibility index (Phi) is 3.53. The van der Waals surface area contributed by atoms with Crippen LogP contribution in [0.4, 0.5) is 10.2 Å². The first-order valence-electron chi connectivity index (χ1n) is 6.12. The minimum absolute atomic E-state index is 0.262. The third-order valence-corrected chi connectivity index (χ3v) is 3.97. The summed E-state index contributed by atoms with van der Waals surface area (Å²) < 4.78 is 13.7. The molecule has 1 aromatic heterocycles. The smallest absolute Gasteiger partial charge is 0.358 e. The van der Waals surface area contributed by atoms with E-state index >= 15 is 0 Å². The van der Waals surface area contributed by atoms with Gasteiger partial charge in [-0.15, -0.1) is 0 Å². The fraction of sp³-hybridized carbons (Fsp3) is 0. The number of fused-ring (bicyclic) bond motifs is 1. The van der Waals surface area contributed by atoms with Gasteiger partial charge in [0.1, 0.15) is 10.7 Å². The van der Waals surface area contributed by atoms with Gasteiger partial charge in [0.2, 0.25) is 0 Å². The van der Waals surface area contributed by atoms with Crippen molar-refractivity contribution in [3.05, 3.63) is 70.5 Å². The summed E-state index contributed by atoms with van der Waals surface area (Å²) in [4.78, 5) is 15.3. The Morgan fingerprint density at radius 2 is 1.76 bits per heavy atom. The van der Waals surface area contributed by atoms with Crippen molar-refractivity contribution in [2.75, 3.05) is 0 Å². The second-order valence-corrected chi connectivity index (χ2v) is 5.38.